The molecule has 3 heteroatoms. The molecule has 0 saturated carbocycles. The van der Waals surface area contributed by atoms with Gasteiger partial charge in [-0.3, -0.25) is 0 Å². The molecule has 0 aliphatic carbocycles. The standard InChI is InChI=1S/C13H19FO2/c1-3-4-5-8-11(15)10-7-6-9-12(16-2)13(10)14/h6-7,9,11,15H,3-5,8H2,1-2H3. The van der Waals surface area contributed by atoms with Gasteiger partial charge in [0.25, 0.3) is 0 Å². The highest BCUT2D eigenvalue weighted by atomic mass is 19.1. The van der Waals surface area contributed by atoms with E-state index < -0.39 is 11.9 Å². The Labute approximate surface area is 96.1 Å². The Morgan fingerprint density at radius 2 is 2.12 bits per heavy atom. The number of unbranched alkanes of at least 4 members (excludes halogenated alkanes) is 2. The summed E-state index contributed by atoms with van der Waals surface area (Å²) in [5.74, 6) is -0.263. The van der Waals surface area contributed by atoms with Crippen molar-refractivity contribution in [1.29, 1.82) is 0 Å². The molecule has 1 unspecified atom stereocenters. The topological polar surface area (TPSA) is 29.5 Å². The van der Waals surface area contributed by atoms with E-state index in [4.69, 9.17) is 4.74 Å². The van der Waals surface area contributed by atoms with Gasteiger partial charge in [0.2, 0.25) is 0 Å². The van der Waals surface area contributed by atoms with Crippen molar-refractivity contribution in [3.05, 3.63) is 29.6 Å². The zero-order chi connectivity index (χ0) is 12.0. The van der Waals surface area contributed by atoms with Gasteiger partial charge in [0.15, 0.2) is 11.6 Å². The number of methoxy groups -OCH3 is 1. The lowest BCUT2D eigenvalue weighted by Crippen LogP contribution is -2.02. The number of benzene rings is 1. The average molecular weight is 226 g/mol. The Bertz CT molecular complexity index is 326. The number of halogens is 1. The number of aliphatic hydroxyl groups is 1. The summed E-state index contributed by atoms with van der Waals surface area (Å²) in [6.07, 6.45) is 2.92. The fourth-order valence-electron chi connectivity index (χ4n) is 1.69. The van der Waals surface area contributed by atoms with E-state index in [1.54, 1.807) is 18.2 Å². The predicted octanol–water partition coefficient (Wildman–Crippen LogP) is 3.45. The molecule has 16 heavy (non-hydrogen) atoms. The van der Waals surface area contributed by atoms with Crippen molar-refractivity contribution in [3.8, 4) is 5.75 Å². The Morgan fingerprint density at radius 1 is 1.38 bits per heavy atom. The number of aliphatic hydroxyl groups excluding tert-OH is 1. The number of hydrogen-bond donors (Lipinski definition) is 1. The second-order valence-electron chi connectivity index (χ2n) is 3.88. The van der Waals surface area contributed by atoms with Crippen LogP contribution in [0.3, 0.4) is 0 Å². The first-order chi connectivity index (χ1) is 7.70. The summed E-state index contributed by atoms with van der Waals surface area (Å²) in [4.78, 5) is 0. The predicted molar refractivity (Wildman–Crippen MR) is 62.1 cm³/mol. The molecule has 1 aromatic carbocycles. The van der Waals surface area contributed by atoms with Gasteiger partial charge in [-0.05, 0) is 12.5 Å². The van der Waals surface area contributed by atoms with Gasteiger partial charge >= 0.3 is 0 Å². The maximum absolute atomic E-state index is 13.7. The fraction of sp³-hybridized carbons (Fsp3) is 0.538. The van der Waals surface area contributed by atoms with Gasteiger partial charge < -0.3 is 9.84 Å². The summed E-state index contributed by atoms with van der Waals surface area (Å²) in [6, 6.07) is 4.85. The number of ether oxygens (including phenoxy) is 1. The second kappa shape index (κ2) is 6.48. The molecular weight excluding hydrogens is 207 g/mol. The third-order valence-electron chi connectivity index (χ3n) is 2.65. The zero-order valence-corrected chi connectivity index (χ0v) is 9.87. The van der Waals surface area contributed by atoms with Gasteiger partial charge in [0.1, 0.15) is 0 Å². The quantitative estimate of drug-likeness (QED) is 0.753. The van der Waals surface area contributed by atoms with Crippen LogP contribution < -0.4 is 4.74 Å². The van der Waals surface area contributed by atoms with Crippen LogP contribution in [0, 0.1) is 5.82 Å². The smallest absolute Gasteiger partial charge is 0.170 e. The van der Waals surface area contributed by atoms with Crippen molar-refractivity contribution in [2.24, 2.45) is 0 Å². The van der Waals surface area contributed by atoms with E-state index >= 15 is 0 Å². The lowest BCUT2D eigenvalue weighted by atomic mass is 10.0. The zero-order valence-electron chi connectivity index (χ0n) is 9.87. The SMILES string of the molecule is CCCCCC(O)c1cccc(OC)c1F. The van der Waals surface area contributed by atoms with Gasteiger partial charge in [0.05, 0.1) is 13.2 Å². The van der Waals surface area contributed by atoms with Crippen molar-refractivity contribution in [2.75, 3.05) is 7.11 Å². The van der Waals surface area contributed by atoms with E-state index in [9.17, 15) is 9.50 Å². The van der Waals surface area contributed by atoms with Crippen LogP contribution in [0.1, 0.15) is 44.3 Å². The van der Waals surface area contributed by atoms with E-state index in [0.29, 0.717) is 12.0 Å². The largest absolute Gasteiger partial charge is 0.494 e. The van der Waals surface area contributed by atoms with Crippen LogP contribution in [0.5, 0.6) is 5.75 Å². The van der Waals surface area contributed by atoms with Crippen molar-refractivity contribution >= 4 is 0 Å². The van der Waals surface area contributed by atoms with Crippen LogP contribution >= 0.6 is 0 Å². The molecule has 0 aromatic heterocycles. The van der Waals surface area contributed by atoms with Gasteiger partial charge in [-0.25, -0.2) is 4.39 Å². The molecule has 1 N–H and O–H groups in total. The molecule has 2 nitrogen and oxygen atoms in total. The Morgan fingerprint density at radius 3 is 2.75 bits per heavy atom. The summed E-state index contributed by atoms with van der Waals surface area (Å²) in [7, 11) is 1.42. The van der Waals surface area contributed by atoms with Crippen molar-refractivity contribution < 1.29 is 14.2 Å². The first-order valence-corrected chi connectivity index (χ1v) is 5.71. The molecule has 1 aromatic rings. The second-order valence-corrected chi connectivity index (χ2v) is 3.88. The summed E-state index contributed by atoms with van der Waals surface area (Å²) in [6.45, 7) is 2.10. The van der Waals surface area contributed by atoms with Crippen molar-refractivity contribution in [1.82, 2.24) is 0 Å². The van der Waals surface area contributed by atoms with Crippen LogP contribution in [0.2, 0.25) is 0 Å². The van der Waals surface area contributed by atoms with Crippen LogP contribution in [-0.2, 0) is 0 Å². The molecule has 0 spiro atoms. The average Bonchev–Trinajstić information content (AvgIpc) is 2.29. The molecule has 1 atom stereocenters. The third kappa shape index (κ3) is 3.20. The summed E-state index contributed by atoms with van der Waals surface area (Å²) >= 11 is 0. The lowest BCUT2D eigenvalue weighted by molar-refractivity contribution is 0.158. The van der Waals surface area contributed by atoms with Gasteiger partial charge in [-0.2, -0.15) is 0 Å². The van der Waals surface area contributed by atoms with Gasteiger partial charge in [-0.15, -0.1) is 0 Å². The Hall–Kier alpha value is -1.09. The minimum Gasteiger partial charge on any atom is -0.494 e. The Kier molecular flexibility index (Phi) is 5.26. The third-order valence-corrected chi connectivity index (χ3v) is 2.65. The summed E-state index contributed by atoms with van der Waals surface area (Å²) in [5.41, 5.74) is 0.329. The van der Waals surface area contributed by atoms with Crippen molar-refractivity contribution in [2.45, 2.75) is 38.7 Å². The highest BCUT2D eigenvalue weighted by molar-refractivity contribution is 5.32. The molecule has 0 radical (unpaired) electrons. The molecule has 0 saturated heterocycles. The maximum atomic E-state index is 13.7. The van der Waals surface area contributed by atoms with Crippen LogP contribution in [0.15, 0.2) is 18.2 Å². The highest BCUT2D eigenvalue weighted by Gasteiger charge is 2.15. The highest BCUT2D eigenvalue weighted by Crippen LogP contribution is 2.27. The van der Waals surface area contributed by atoms with E-state index in [0.717, 1.165) is 19.3 Å². The number of hydrogen-bond acceptors (Lipinski definition) is 2. The monoisotopic (exact) mass is 226 g/mol. The summed E-state index contributed by atoms with van der Waals surface area (Å²) in [5, 5.41) is 9.85. The minimum atomic E-state index is -0.735. The van der Waals surface area contributed by atoms with E-state index in [1.807, 2.05) is 0 Å². The molecule has 1 rings (SSSR count). The van der Waals surface area contributed by atoms with Crippen LogP contribution in [-0.4, -0.2) is 12.2 Å². The van der Waals surface area contributed by atoms with E-state index in [-0.39, 0.29) is 5.75 Å². The number of rotatable bonds is 6. The first-order valence-electron chi connectivity index (χ1n) is 5.71. The molecule has 90 valence electrons. The van der Waals surface area contributed by atoms with E-state index in [1.165, 1.54) is 7.11 Å². The minimum absolute atomic E-state index is 0.187. The molecule has 0 amide bonds. The van der Waals surface area contributed by atoms with Gasteiger partial charge in [-0.1, -0.05) is 38.3 Å². The molecule has 0 heterocycles. The molecule has 0 aliphatic rings. The normalized spacial score (nSPS) is 12.5. The van der Waals surface area contributed by atoms with Crippen LogP contribution in [0.25, 0.3) is 0 Å². The lowest BCUT2D eigenvalue weighted by Gasteiger charge is -2.13. The first kappa shape index (κ1) is 13.0. The molecule has 0 fully saturated rings. The Balaban J connectivity index is 2.71. The molecule has 0 aliphatic heterocycles. The van der Waals surface area contributed by atoms with E-state index in [2.05, 4.69) is 6.92 Å². The van der Waals surface area contributed by atoms with Crippen LogP contribution in [0.4, 0.5) is 4.39 Å². The fourth-order valence-corrected chi connectivity index (χ4v) is 1.69. The van der Waals surface area contributed by atoms with Crippen molar-refractivity contribution in [3.63, 3.8) is 0 Å². The maximum Gasteiger partial charge on any atom is 0.170 e. The molecule has 0 bridgehead atoms. The summed E-state index contributed by atoms with van der Waals surface area (Å²) < 4.78 is 18.6. The van der Waals surface area contributed by atoms with Gasteiger partial charge in [0, 0.05) is 5.56 Å². The molecular formula is C13H19FO2.